The van der Waals surface area contributed by atoms with Gasteiger partial charge in [0.2, 0.25) is 0 Å². The second-order valence-corrected chi connectivity index (χ2v) is 9.89. The van der Waals surface area contributed by atoms with Crippen LogP contribution in [0.15, 0.2) is 47.3 Å². The van der Waals surface area contributed by atoms with Crippen molar-refractivity contribution in [1.82, 2.24) is 9.13 Å². The van der Waals surface area contributed by atoms with E-state index in [0.29, 0.717) is 12.3 Å². The van der Waals surface area contributed by atoms with E-state index >= 15 is 0 Å². The van der Waals surface area contributed by atoms with Crippen molar-refractivity contribution in [3.05, 3.63) is 86.6 Å². The summed E-state index contributed by atoms with van der Waals surface area (Å²) in [5, 5.41) is 9.24. The van der Waals surface area contributed by atoms with Gasteiger partial charge in [-0.15, -0.1) is 0 Å². The molecule has 3 aromatic rings. The van der Waals surface area contributed by atoms with Gasteiger partial charge in [0.1, 0.15) is 5.75 Å². The largest absolute Gasteiger partial charge is 0.478 e. The number of aryl methyl sites for hydroxylation is 3. The van der Waals surface area contributed by atoms with E-state index in [4.69, 9.17) is 4.74 Å². The fraction of sp³-hybridized carbons (Fsp3) is 0.448. The minimum Gasteiger partial charge on any atom is -0.478 e. The Hall–Kier alpha value is -3.28. The first kappa shape index (κ1) is 26.3. The molecular formula is C29H38N2O4. The summed E-state index contributed by atoms with van der Waals surface area (Å²) in [5.74, 6) is -0.461. The zero-order chi connectivity index (χ0) is 25.8. The molecule has 0 amide bonds. The maximum atomic E-state index is 13.3. The molecule has 6 heteroatoms. The first-order valence-corrected chi connectivity index (χ1v) is 12.4. The highest BCUT2D eigenvalue weighted by Crippen LogP contribution is 2.21. The van der Waals surface area contributed by atoms with Gasteiger partial charge in [0, 0.05) is 17.9 Å². The standard InChI is InChI=1S/C29H38N2O4/c1-7-17-30-26(22(4)31(28(30)34)19-24-12-11-20(2)21(3)18-24)10-8-9-23-13-15-25(16-14-23)35-29(5,6)27(32)33/h11-16,18H,7-10,17,19H2,1-6H3,(H,32,33). The molecule has 188 valence electrons. The zero-order valence-corrected chi connectivity index (χ0v) is 21.9. The molecule has 2 aromatic carbocycles. The number of carboxylic acid groups (broad SMARTS) is 1. The maximum absolute atomic E-state index is 13.3. The Morgan fingerprint density at radius 1 is 0.943 bits per heavy atom. The van der Waals surface area contributed by atoms with Crippen molar-refractivity contribution in [1.29, 1.82) is 0 Å². The molecule has 3 rings (SSSR count). The molecule has 0 aliphatic heterocycles. The van der Waals surface area contributed by atoms with Crippen molar-refractivity contribution in [3.63, 3.8) is 0 Å². The predicted octanol–water partition coefficient (Wildman–Crippen LogP) is 5.45. The number of aromatic nitrogens is 2. The first-order chi connectivity index (χ1) is 16.5. The topological polar surface area (TPSA) is 73.5 Å². The van der Waals surface area contributed by atoms with Gasteiger partial charge in [0.05, 0.1) is 6.54 Å². The number of hydrogen-bond donors (Lipinski definition) is 1. The quantitative estimate of drug-likeness (QED) is 0.398. The van der Waals surface area contributed by atoms with Gasteiger partial charge in [-0.1, -0.05) is 37.3 Å². The summed E-state index contributed by atoms with van der Waals surface area (Å²) in [7, 11) is 0. The molecule has 0 aliphatic carbocycles. The third-order valence-corrected chi connectivity index (χ3v) is 6.66. The molecule has 0 spiro atoms. The number of ether oxygens (including phenoxy) is 1. The Balaban J connectivity index is 1.72. The summed E-state index contributed by atoms with van der Waals surface area (Å²) >= 11 is 0. The number of rotatable bonds is 11. The Labute approximate surface area is 208 Å². The third-order valence-electron chi connectivity index (χ3n) is 6.66. The van der Waals surface area contributed by atoms with Crippen LogP contribution >= 0.6 is 0 Å². The molecule has 1 heterocycles. The van der Waals surface area contributed by atoms with E-state index in [0.717, 1.165) is 54.7 Å². The zero-order valence-electron chi connectivity index (χ0n) is 21.9. The number of carbonyl (C=O) groups is 1. The van der Waals surface area contributed by atoms with Crippen LogP contribution in [0.25, 0.3) is 0 Å². The molecule has 0 aliphatic rings. The average Bonchev–Trinajstić information content (AvgIpc) is 3.01. The van der Waals surface area contributed by atoms with Crippen molar-refractivity contribution in [2.45, 2.75) is 85.9 Å². The highest BCUT2D eigenvalue weighted by Gasteiger charge is 2.29. The SMILES string of the molecule is CCCn1c(CCCc2ccc(OC(C)(C)C(=O)O)cc2)c(C)n(Cc2ccc(C)c(C)c2)c1=O. The van der Waals surface area contributed by atoms with Crippen LogP contribution < -0.4 is 10.4 Å². The average molecular weight is 479 g/mol. The second kappa shape index (κ2) is 11.0. The molecule has 0 bridgehead atoms. The Morgan fingerprint density at radius 2 is 1.60 bits per heavy atom. The third kappa shape index (κ3) is 6.24. The fourth-order valence-electron chi connectivity index (χ4n) is 4.32. The van der Waals surface area contributed by atoms with E-state index in [-0.39, 0.29) is 5.69 Å². The van der Waals surface area contributed by atoms with Gasteiger partial charge >= 0.3 is 11.7 Å². The van der Waals surface area contributed by atoms with Crippen LogP contribution in [0.4, 0.5) is 0 Å². The lowest BCUT2D eigenvalue weighted by Crippen LogP contribution is -2.37. The number of aliphatic carboxylic acids is 1. The Morgan fingerprint density at radius 3 is 2.20 bits per heavy atom. The van der Waals surface area contributed by atoms with Crippen molar-refractivity contribution < 1.29 is 14.6 Å². The molecule has 1 aromatic heterocycles. The lowest BCUT2D eigenvalue weighted by molar-refractivity contribution is -0.152. The van der Waals surface area contributed by atoms with E-state index in [2.05, 4.69) is 45.9 Å². The van der Waals surface area contributed by atoms with Gasteiger partial charge in [-0.2, -0.15) is 0 Å². The fourth-order valence-corrected chi connectivity index (χ4v) is 4.32. The number of carboxylic acids is 1. The molecule has 0 saturated heterocycles. The molecule has 0 radical (unpaired) electrons. The van der Waals surface area contributed by atoms with Gasteiger partial charge in [0.15, 0.2) is 5.60 Å². The van der Waals surface area contributed by atoms with Gasteiger partial charge in [0.25, 0.3) is 0 Å². The maximum Gasteiger partial charge on any atom is 0.347 e. The van der Waals surface area contributed by atoms with Gasteiger partial charge in [-0.25, -0.2) is 9.59 Å². The van der Waals surface area contributed by atoms with Crippen molar-refractivity contribution >= 4 is 5.97 Å². The predicted molar refractivity (Wildman–Crippen MR) is 140 cm³/mol. The lowest BCUT2D eigenvalue weighted by Gasteiger charge is -2.21. The van der Waals surface area contributed by atoms with Gasteiger partial charge < -0.3 is 9.84 Å². The summed E-state index contributed by atoms with van der Waals surface area (Å²) in [4.78, 5) is 24.5. The lowest BCUT2D eigenvalue weighted by atomic mass is 10.1. The highest BCUT2D eigenvalue weighted by atomic mass is 16.5. The molecule has 1 N–H and O–H groups in total. The van der Waals surface area contributed by atoms with Crippen molar-refractivity contribution in [2.24, 2.45) is 0 Å². The summed E-state index contributed by atoms with van der Waals surface area (Å²) in [6, 6.07) is 14.0. The van der Waals surface area contributed by atoms with Gasteiger partial charge in [-0.3, -0.25) is 9.13 Å². The Kier molecular flexibility index (Phi) is 8.26. The van der Waals surface area contributed by atoms with Crippen LogP contribution in [0.3, 0.4) is 0 Å². The van der Waals surface area contributed by atoms with E-state index in [1.165, 1.54) is 25.0 Å². The van der Waals surface area contributed by atoms with Crippen LogP contribution in [0.1, 0.15) is 67.3 Å². The normalized spacial score (nSPS) is 11.6. The van der Waals surface area contributed by atoms with Crippen LogP contribution in [0.5, 0.6) is 5.75 Å². The van der Waals surface area contributed by atoms with Gasteiger partial charge in [-0.05, 0) is 94.7 Å². The van der Waals surface area contributed by atoms with Crippen molar-refractivity contribution in [3.8, 4) is 5.75 Å². The van der Waals surface area contributed by atoms with E-state index < -0.39 is 11.6 Å². The van der Waals surface area contributed by atoms with Crippen LogP contribution in [0, 0.1) is 20.8 Å². The summed E-state index contributed by atoms with van der Waals surface area (Å²) in [6.45, 7) is 12.7. The summed E-state index contributed by atoms with van der Waals surface area (Å²) in [6.07, 6.45) is 3.52. The first-order valence-electron chi connectivity index (χ1n) is 12.4. The van der Waals surface area contributed by atoms with E-state index in [1.807, 2.05) is 33.4 Å². The summed E-state index contributed by atoms with van der Waals surface area (Å²) in [5.41, 5.74) is 5.75. The minimum atomic E-state index is -1.27. The van der Waals surface area contributed by atoms with Crippen LogP contribution in [0.2, 0.25) is 0 Å². The number of imidazole rings is 1. The molecule has 0 atom stereocenters. The number of hydrogen-bond acceptors (Lipinski definition) is 3. The molecule has 0 fully saturated rings. The number of benzene rings is 2. The number of nitrogens with zero attached hydrogens (tertiary/aromatic N) is 2. The Bertz CT molecular complexity index is 1230. The molecule has 0 saturated carbocycles. The smallest absolute Gasteiger partial charge is 0.347 e. The minimum absolute atomic E-state index is 0.0696. The van der Waals surface area contributed by atoms with E-state index in [1.54, 1.807) is 0 Å². The van der Waals surface area contributed by atoms with E-state index in [9.17, 15) is 14.7 Å². The molecular weight excluding hydrogens is 440 g/mol. The van der Waals surface area contributed by atoms with Crippen LogP contribution in [-0.4, -0.2) is 25.8 Å². The molecule has 0 unspecified atom stereocenters. The highest BCUT2D eigenvalue weighted by molar-refractivity contribution is 5.76. The molecule has 35 heavy (non-hydrogen) atoms. The summed E-state index contributed by atoms with van der Waals surface area (Å²) < 4.78 is 9.44. The van der Waals surface area contributed by atoms with Crippen LogP contribution in [-0.2, 0) is 30.7 Å². The monoisotopic (exact) mass is 478 g/mol. The second-order valence-electron chi connectivity index (χ2n) is 9.89. The van der Waals surface area contributed by atoms with Crippen molar-refractivity contribution in [2.75, 3.05) is 0 Å². The molecule has 6 nitrogen and oxygen atoms in total.